The van der Waals surface area contributed by atoms with E-state index in [-0.39, 0.29) is 31.0 Å². The second-order valence-corrected chi connectivity index (χ2v) is 8.00. The molecule has 1 atom stereocenters. The van der Waals surface area contributed by atoms with Gasteiger partial charge < -0.3 is 5.11 Å². The molecule has 1 aromatic carbocycles. The lowest BCUT2D eigenvalue weighted by Crippen LogP contribution is -2.44. The van der Waals surface area contributed by atoms with E-state index in [9.17, 15) is 24.3 Å². The van der Waals surface area contributed by atoms with Gasteiger partial charge in [-0.05, 0) is 38.8 Å². The van der Waals surface area contributed by atoms with E-state index in [4.69, 9.17) is 0 Å². The molecule has 0 bridgehead atoms. The molecule has 0 radical (unpaired) electrons. The van der Waals surface area contributed by atoms with Crippen LogP contribution in [0.4, 0.5) is 4.79 Å². The minimum absolute atomic E-state index is 0.100. The number of hydrogen-bond acceptors (Lipinski definition) is 4. The molecule has 1 unspecified atom stereocenters. The number of aryl methyl sites for hydroxylation is 1. The van der Waals surface area contributed by atoms with Gasteiger partial charge >= 0.3 is 11.8 Å². The van der Waals surface area contributed by atoms with Crippen LogP contribution in [0.5, 0.6) is 0 Å². The first-order valence-corrected chi connectivity index (χ1v) is 9.05. The summed E-state index contributed by atoms with van der Waals surface area (Å²) in [6.45, 7) is 5.50. The second kappa shape index (κ2) is 6.81. The Morgan fingerprint density at radius 1 is 1.29 bits per heavy atom. The van der Waals surface area contributed by atoms with E-state index < -0.39 is 23.6 Å². The lowest BCUT2D eigenvalue weighted by atomic mass is 10.0. The SMILES string of the molecule is Cn1c(=O)n(C2CCC(=O)NC2=O)c2cccc(CN(C(=O)O)C(C)(C)C)c21. The van der Waals surface area contributed by atoms with E-state index in [2.05, 4.69) is 5.32 Å². The van der Waals surface area contributed by atoms with Crippen molar-refractivity contribution in [1.29, 1.82) is 0 Å². The topological polar surface area (TPSA) is 114 Å². The molecule has 1 saturated heterocycles. The number of para-hydroxylation sites is 1. The Balaban J connectivity index is 2.14. The smallest absolute Gasteiger partial charge is 0.408 e. The summed E-state index contributed by atoms with van der Waals surface area (Å²) in [6, 6.07) is 4.47. The number of piperidine rings is 1. The van der Waals surface area contributed by atoms with Crippen molar-refractivity contribution in [3.63, 3.8) is 0 Å². The Morgan fingerprint density at radius 2 is 1.96 bits per heavy atom. The van der Waals surface area contributed by atoms with Crippen molar-refractivity contribution >= 4 is 28.9 Å². The largest absolute Gasteiger partial charge is 0.465 e. The summed E-state index contributed by atoms with van der Waals surface area (Å²) in [4.78, 5) is 49.7. The van der Waals surface area contributed by atoms with E-state index in [1.807, 2.05) is 0 Å². The maximum Gasteiger partial charge on any atom is 0.408 e. The van der Waals surface area contributed by atoms with Gasteiger partial charge in [0.05, 0.1) is 17.6 Å². The zero-order valence-corrected chi connectivity index (χ0v) is 16.4. The summed E-state index contributed by atoms with van der Waals surface area (Å²) >= 11 is 0. The number of fused-ring (bicyclic) bond motifs is 1. The van der Waals surface area contributed by atoms with Crippen LogP contribution in [0, 0.1) is 0 Å². The predicted molar refractivity (Wildman–Crippen MR) is 102 cm³/mol. The molecule has 1 fully saturated rings. The normalized spacial score (nSPS) is 17.6. The summed E-state index contributed by atoms with van der Waals surface area (Å²) in [7, 11) is 1.60. The number of aromatic nitrogens is 2. The average molecular weight is 388 g/mol. The lowest BCUT2D eigenvalue weighted by Gasteiger charge is -2.33. The zero-order chi connectivity index (χ0) is 20.8. The first-order valence-electron chi connectivity index (χ1n) is 9.05. The molecule has 0 saturated carbocycles. The third-order valence-corrected chi connectivity index (χ3v) is 5.08. The molecule has 1 aromatic heterocycles. The van der Waals surface area contributed by atoms with Crippen molar-refractivity contribution in [2.45, 2.75) is 51.7 Å². The minimum atomic E-state index is -1.06. The number of hydrogen-bond donors (Lipinski definition) is 2. The van der Waals surface area contributed by atoms with Gasteiger partial charge in [-0.2, -0.15) is 0 Å². The van der Waals surface area contributed by atoms with Gasteiger partial charge in [0.2, 0.25) is 11.8 Å². The van der Waals surface area contributed by atoms with Crippen LogP contribution in [0.25, 0.3) is 11.0 Å². The molecule has 2 N–H and O–H groups in total. The first-order chi connectivity index (χ1) is 13.0. The van der Waals surface area contributed by atoms with E-state index in [0.29, 0.717) is 16.6 Å². The third-order valence-electron chi connectivity index (χ3n) is 5.08. The Hall–Kier alpha value is -3.10. The van der Waals surface area contributed by atoms with Crippen LogP contribution < -0.4 is 11.0 Å². The number of amides is 3. The summed E-state index contributed by atoms with van der Waals surface area (Å²) < 4.78 is 2.82. The van der Waals surface area contributed by atoms with E-state index in [1.54, 1.807) is 46.0 Å². The Morgan fingerprint density at radius 3 is 2.54 bits per heavy atom. The number of carboxylic acid groups (broad SMARTS) is 1. The van der Waals surface area contributed by atoms with Crippen molar-refractivity contribution in [3.05, 3.63) is 34.2 Å². The van der Waals surface area contributed by atoms with Gasteiger partial charge in [-0.25, -0.2) is 9.59 Å². The van der Waals surface area contributed by atoms with Crippen LogP contribution in [0.15, 0.2) is 23.0 Å². The fourth-order valence-corrected chi connectivity index (χ4v) is 3.64. The highest BCUT2D eigenvalue weighted by molar-refractivity contribution is 6.00. The molecule has 0 aliphatic carbocycles. The summed E-state index contributed by atoms with van der Waals surface area (Å²) in [5, 5.41) is 11.9. The fraction of sp³-hybridized carbons (Fsp3) is 0.474. The van der Waals surface area contributed by atoms with Gasteiger partial charge in [0, 0.05) is 19.0 Å². The monoisotopic (exact) mass is 388 g/mol. The van der Waals surface area contributed by atoms with Gasteiger partial charge in [-0.15, -0.1) is 0 Å². The number of imidazole rings is 1. The molecule has 9 heteroatoms. The standard InChI is InChI=1S/C19H24N4O5/c1-19(2,3)22(18(27)28)10-11-6-5-7-12-15(11)21(4)17(26)23(12)13-8-9-14(24)20-16(13)25/h5-7,13H,8-10H2,1-4H3,(H,27,28)(H,20,24,25). The van der Waals surface area contributed by atoms with Crippen molar-refractivity contribution in [2.75, 3.05) is 0 Å². The summed E-state index contributed by atoms with van der Waals surface area (Å²) in [6.07, 6.45) is -0.647. The highest BCUT2D eigenvalue weighted by atomic mass is 16.4. The van der Waals surface area contributed by atoms with Crippen LogP contribution in [-0.4, -0.2) is 42.6 Å². The molecule has 1 aliphatic rings. The minimum Gasteiger partial charge on any atom is -0.465 e. The van der Waals surface area contributed by atoms with E-state index in [1.165, 1.54) is 14.0 Å². The zero-order valence-electron chi connectivity index (χ0n) is 16.4. The van der Waals surface area contributed by atoms with E-state index in [0.717, 1.165) is 0 Å². The van der Waals surface area contributed by atoms with Gasteiger partial charge in [0.25, 0.3) is 0 Å². The molecule has 150 valence electrons. The maximum absolute atomic E-state index is 12.9. The highest BCUT2D eigenvalue weighted by Gasteiger charge is 2.32. The number of carbonyl (C=O) groups excluding carboxylic acids is 2. The number of imide groups is 1. The number of benzene rings is 1. The van der Waals surface area contributed by atoms with Crippen LogP contribution in [-0.2, 0) is 23.2 Å². The molecule has 3 rings (SSSR count). The average Bonchev–Trinajstić information content (AvgIpc) is 2.84. The Kier molecular flexibility index (Phi) is 4.78. The predicted octanol–water partition coefficient (Wildman–Crippen LogP) is 1.60. The molecule has 2 aromatic rings. The van der Waals surface area contributed by atoms with Gasteiger partial charge in [0.15, 0.2) is 0 Å². The fourth-order valence-electron chi connectivity index (χ4n) is 3.64. The number of nitrogens with one attached hydrogen (secondary N) is 1. The van der Waals surface area contributed by atoms with Gasteiger partial charge in [0.1, 0.15) is 6.04 Å². The van der Waals surface area contributed by atoms with Gasteiger partial charge in [-0.1, -0.05) is 12.1 Å². The quantitative estimate of drug-likeness (QED) is 0.775. The van der Waals surface area contributed by atoms with Crippen LogP contribution in [0.1, 0.15) is 45.2 Å². The molecule has 3 amide bonds. The lowest BCUT2D eigenvalue weighted by molar-refractivity contribution is -0.135. The number of rotatable bonds is 3. The molecular formula is C19H24N4O5. The van der Waals surface area contributed by atoms with E-state index >= 15 is 0 Å². The molecule has 2 heterocycles. The highest BCUT2D eigenvalue weighted by Crippen LogP contribution is 2.27. The summed E-state index contributed by atoms with van der Waals surface area (Å²) in [5.74, 6) is -0.851. The van der Waals surface area contributed by atoms with Crippen LogP contribution in [0.2, 0.25) is 0 Å². The molecule has 0 spiro atoms. The van der Waals surface area contributed by atoms with Crippen molar-refractivity contribution in [3.8, 4) is 0 Å². The summed E-state index contributed by atoms with van der Waals surface area (Å²) in [5.41, 5.74) is 0.778. The Bertz CT molecular complexity index is 1030. The maximum atomic E-state index is 12.9. The Labute approximate surface area is 161 Å². The molecule has 1 aliphatic heterocycles. The molecular weight excluding hydrogens is 364 g/mol. The molecule has 9 nitrogen and oxygen atoms in total. The third kappa shape index (κ3) is 3.28. The molecule has 28 heavy (non-hydrogen) atoms. The van der Waals surface area contributed by atoms with Crippen molar-refractivity contribution in [2.24, 2.45) is 7.05 Å². The van der Waals surface area contributed by atoms with Crippen molar-refractivity contribution in [1.82, 2.24) is 19.4 Å². The van der Waals surface area contributed by atoms with Crippen LogP contribution >= 0.6 is 0 Å². The first kappa shape index (κ1) is 19.7. The second-order valence-electron chi connectivity index (χ2n) is 8.00. The number of nitrogens with zero attached hydrogens (tertiary/aromatic N) is 3. The van der Waals surface area contributed by atoms with Crippen molar-refractivity contribution < 1.29 is 19.5 Å². The van der Waals surface area contributed by atoms with Gasteiger partial charge in [-0.3, -0.25) is 28.9 Å². The van der Waals surface area contributed by atoms with Crippen LogP contribution in [0.3, 0.4) is 0 Å². The number of carbonyl (C=O) groups is 3.